The third-order valence-electron chi connectivity index (χ3n) is 4.02. The van der Waals surface area contributed by atoms with Gasteiger partial charge < -0.3 is 10.0 Å². The number of aliphatic hydroxyl groups excluding tert-OH is 1. The maximum Gasteiger partial charge on any atom is 0.179 e. The van der Waals surface area contributed by atoms with Crippen molar-refractivity contribution in [1.29, 1.82) is 0 Å². The lowest BCUT2D eigenvalue weighted by molar-refractivity contribution is 0.0783. The summed E-state index contributed by atoms with van der Waals surface area (Å²) in [6.45, 7) is 3.16. The molecule has 0 aliphatic carbocycles. The first-order chi connectivity index (χ1) is 9.88. The van der Waals surface area contributed by atoms with Gasteiger partial charge in [0.15, 0.2) is 5.78 Å². The van der Waals surface area contributed by atoms with E-state index in [0.717, 1.165) is 6.54 Å². The van der Waals surface area contributed by atoms with Gasteiger partial charge in [0, 0.05) is 24.7 Å². The van der Waals surface area contributed by atoms with E-state index in [1.165, 1.54) is 24.3 Å². The molecule has 1 aromatic rings. The molecular formula is C16H23FN2O2. The molecule has 1 heterocycles. The van der Waals surface area contributed by atoms with Gasteiger partial charge in [0.05, 0.1) is 12.1 Å². The molecule has 0 spiro atoms. The van der Waals surface area contributed by atoms with Crippen LogP contribution in [0.2, 0.25) is 0 Å². The SMILES string of the molecule is CC(C(=O)c1ccc(F)cc1)N1CC(O)CC1CN(C)C. The largest absolute Gasteiger partial charge is 0.392 e. The van der Waals surface area contributed by atoms with Crippen LogP contribution in [-0.2, 0) is 0 Å². The Labute approximate surface area is 125 Å². The van der Waals surface area contributed by atoms with Gasteiger partial charge in [-0.05, 0) is 51.7 Å². The van der Waals surface area contributed by atoms with E-state index in [4.69, 9.17) is 0 Å². The number of carbonyl (C=O) groups is 1. The molecule has 1 N–H and O–H groups in total. The lowest BCUT2D eigenvalue weighted by atomic mass is 10.0. The first kappa shape index (κ1) is 16.1. The van der Waals surface area contributed by atoms with Crippen LogP contribution in [-0.4, -0.2) is 66.1 Å². The molecule has 1 aliphatic heterocycles. The maximum absolute atomic E-state index is 12.9. The van der Waals surface area contributed by atoms with Gasteiger partial charge in [-0.25, -0.2) is 4.39 Å². The highest BCUT2D eigenvalue weighted by Gasteiger charge is 2.36. The predicted octanol–water partition coefficient (Wildman–Crippen LogP) is 1.39. The minimum absolute atomic E-state index is 0.0344. The van der Waals surface area contributed by atoms with Crippen molar-refractivity contribution in [1.82, 2.24) is 9.80 Å². The number of hydrogen-bond acceptors (Lipinski definition) is 4. The maximum atomic E-state index is 12.9. The minimum Gasteiger partial charge on any atom is -0.392 e. The molecule has 1 fully saturated rings. The number of likely N-dealkylation sites (tertiary alicyclic amines) is 1. The number of Topliss-reactive ketones (excluding diaryl/α,β-unsaturated/α-hetero) is 1. The number of likely N-dealkylation sites (N-methyl/N-ethyl adjacent to an activating group) is 1. The Morgan fingerprint density at radius 3 is 2.62 bits per heavy atom. The fourth-order valence-electron chi connectivity index (χ4n) is 3.00. The highest BCUT2D eigenvalue weighted by molar-refractivity contribution is 5.99. The van der Waals surface area contributed by atoms with Crippen LogP contribution in [0.15, 0.2) is 24.3 Å². The Morgan fingerprint density at radius 2 is 2.05 bits per heavy atom. The Bertz CT molecular complexity index is 490. The predicted molar refractivity (Wildman–Crippen MR) is 79.9 cm³/mol. The Morgan fingerprint density at radius 1 is 1.43 bits per heavy atom. The van der Waals surface area contributed by atoms with Gasteiger partial charge in [-0.2, -0.15) is 0 Å². The van der Waals surface area contributed by atoms with Crippen molar-refractivity contribution >= 4 is 5.78 Å². The third-order valence-corrected chi connectivity index (χ3v) is 4.02. The minimum atomic E-state index is -0.390. The second-order valence-corrected chi connectivity index (χ2v) is 6.05. The molecule has 1 aliphatic rings. The van der Waals surface area contributed by atoms with Crippen LogP contribution in [0.1, 0.15) is 23.7 Å². The van der Waals surface area contributed by atoms with Crippen LogP contribution in [0.4, 0.5) is 4.39 Å². The normalized spacial score (nSPS) is 24.5. The molecule has 1 aromatic carbocycles. The lowest BCUT2D eigenvalue weighted by Gasteiger charge is -2.31. The quantitative estimate of drug-likeness (QED) is 0.834. The van der Waals surface area contributed by atoms with Crippen LogP contribution in [0, 0.1) is 5.82 Å². The van der Waals surface area contributed by atoms with Gasteiger partial charge in [0.2, 0.25) is 0 Å². The first-order valence-corrected chi connectivity index (χ1v) is 7.26. The summed E-state index contributed by atoms with van der Waals surface area (Å²) in [5.41, 5.74) is 0.508. The number of carbonyl (C=O) groups excluding carboxylic acids is 1. The zero-order valence-corrected chi connectivity index (χ0v) is 12.8. The molecular weight excluding hydrogens is 271 g/mol. The molecule has 0 amide bonds. The van der Waals surface area contributed by atoms with Crippen LogP contribution in [0.3, 0.4) is 0 Å². The average molecular weight is 294 g/mol. The summed E-state index contributed by atoms with van der Waals surface area (Å²) in [5.74, 6) is -0.380. The molecule has 5 heteroatoms. The Hall–Kier alpha value is -1.30. The second kappa shape index (κ2) is 6.64. The number of ketones is 1. The van der Waals surface area contributed by atoms with Crippen molar-refractivity contribution in [2.24, 2.45) is 0 Å². The van der Waals surface area contributed by atoms with Gasteiger partial charge in [0.1, 0.15) is 5.82 Å². The number of halogens is 1. The molecule has 21 heavy (non-hydrogen) atoms. The third kappa shape index (κ3) is 3.87. The average Bonchev–Trinajstić information content (AvgIpc) is 2.78. The van der Waals surface area contributed by atoms with Crippen LogP contribution >= 0.6 is 0 Å². The molecule has 3 atom stereocenters. The van der Waals surface area contributed by atoms with Crippen molar-refractivity contribution < 1.29 is 14.3 Å². The summed E-state index contributed by atoms with van der Waals surface area (Å²) in [6, 6.07) is 5.47. The van der Waals surface area contributed by atoms with Crippen molar-refractivity contribution in [2.45, 2.75) is 31.5 Å². The number of aliphatic hydroxyl groups is 1. The van der Waals surface area contributed by atoms with Crippen LogP contribution in [0.25, 0.3) is 0 Å². The number of hydrogen-bond donors (Lipinski definition) is 1. The second-order valence-electron chi connectivity index (χ2n) is 6.05. The van der Waals surface area contributed by atoms with E-state index in [1.807, 2.05) is 21.0 Å². The molecule has 4 nitrogen and oxygen atoms in total. The summed E-state index contributed by atoms with van der Waals surface area (Å²) in [4.78, 5) is 16.6. The topological polar surface area (TPSA) is 43.8 Å². The zero-order valence-electron chi connectivity index (χ0n) is 12.8. The summed E-state index contributed by atoms with van der Waals surface area (Å²) in [5, 5.41) is 9.90. The molecule has 0 saturated carbocycles. The van der Waals surface area contributed by atoms with Crippen LogP contribution < -0.4 is 0 Å². The van der Waals surface area contributed by atoms with Gasteiger partial charge in [-0.3, -0.25) is 9.69 Å². The molecule has 3 unspecified atom stereocenters. The van der Waals surface area contributed by atoms with Gasteiger partial charge in [0.25, 0.3) is 0 Å². The lowest BCUT2D eigenvalue weighted by Crippen LogP contribution is -2.46. The zero-order chi connectivity index (χ0) is 15.6. The van der Waals surface area contributed by atoms with E-state index >= 15 is 0 Å². The van der Waals surface area contributed by atoms with E-state index in [-0.39, 0.29) is 23.7 Å². The number of nitrogens with zero attached hydrogens (tertiary/aromatic N) is 2. The number of benzene rings is 1. The summed E-state index contributed by atoms with van der Waals surface area (Å²) in [6.07, 6.45) is 0.289. The van der Waals surface area contributed by atoms with E-state index < -0.39 is 6.10 Å². The highest BCUT2D eigenvalue weighted by atomic mass is 19.1. The first-order valence-electron chi connectivity index (χ1n) is 7.26. The summed E-state index contributed by atoms with van der Waals surface area (Å²) < 4.78 is 12.9. The van der Waals surface area contributed by atoms with Crippen LogP contribution in [0.5, 0.6) is 0 Å². The van der Waals surface area contributed by atoms with Gasteiger partial charge >= 0.3 is 0 Å². The standard InChI is InChI=1S/C16H23FN2O2/c1-11(16(21)12-4-6-13(17)7-5-12)19-10-15(20)8-14(19)9-18(2)3/h4-7,11,14-15,20H,8-10H2,1-3H3. The van der Waals surface area contributed by atoms with Crippen molar-refractivity contribution in [3.8, 4) is 0 Å². The Balaban J connectivity index is 2.11. The molecule has 0 radical (unpaired) electrons. The highest BCUT2D eigenvalue weighted by Crippen LogP contribution is 2.23. The van der Waals surface area contributed by atoms with Crippen molar-refractivity contribution in [2.75, 3.05) is 27.2 Å². The molecule has 0 aromatic heterocycles. The smallest absolute Gasteiger partial charge is 0.179 e. The molecule has 2 rings (SSSR count). The van der Waals surface area contributed by atoms with Crippen molar-refractivity contribution in [3.63, 3.8) is 0 Å². The van der Waals surface area contributed by atoms with Gasteiger partial charge in [-0.15, -0.1) is 0 Å². The van der Waals surface area contributed by atoms with Gasteiger partial charge in [-0.1, -0.05) is 0 Å². The van der Waals surface area contributed by atoms with E-state index in [0.29, 0.717) is 18.5 Å². The number of β-amino-alcohol motifs (C(OH)–C–C–N with tert-alkyl or cyclic N) is 1. The fourth-order valence-corrected chi connectivity index (χ4v) is 3.00. The summed E-state index contributed by atoms with van der Waals surface area (Å²) >= 11 is 0. The van der Waals surface area contributed by atoms with E-state index in [2.05, 4.69) is 9.80 Å². The fraction of sp³-hybridized carbons (Fsp3) is 0.562. The number of rotatable bonds is 5. The van der Waals surface area contributed by atoms with Crippen molar-refractivity contribution in [3.05, 3.63) is 35.6 Å². The van der Waals surface area contributed by atoms with E-state index in [1.54, 1.807) is 0 Å². The monoisotopic (exact) mass is 294 g/mol. The molecule has 0 bridgehead atoms. The Kier molecular flexibility index (Phi) is 5.08. The summed E-state index contributed by atoms with van der Waals surface area (Å²) in [7, 11) is 3.96. The molecule has 116 valence electrons. The molecule has 1 saturated heterocycles. The van der Waals surface area contributed by atoms with E-state index in [9.17, 15) is 14.3 Å².